The zero-order chi connectivity index (χ0) is 16.6. The number of carbonyl (C=O) groups excluding carboxylic acids is 1. The highest BCUT2D eigenvalue weighted by atomic mass is 127. The van der Waals surface area contributed by atoms with Gasteiger partial charge in [-0.25, -0.2) is 13.6 Å². The molecule has 3 N–H and O–H groups in total. The van der Waals surface area contributed by atoms with Crippen molar-refractivity contribution in [3.05, 3.63) is 51.6 Å². The summed E-state index contributed by atoms with van der Waals surface area (Å²) in [6.07, 6.45) is 1.56. The smallest absolute Gasteiger partial charge is 0.238 e. The van der Waals surface area contributed by atoms with Crippen molar-refractivity contribution in [3.8, 4) is 0 Å². The number of anilines is 1. The van der Waals surface area contributed by atoms with E-state index in [-0.39, 0.29) is 10.8 Å². The number of nitrogens with zero attached hydrogens (tertiary/aromatic N) is 1. The van der Waals surface area contributed by atoms with E-state index in [9.17, 15) is 13.2 Å². The predicted octanol–water partition coefficient (Wildman–Crippen LogP) is 2.38. The number of hydrogen-bond acceptors (Lipinski definition) is 4. The van der Waals surface area contributed by atoms with Gasteiger partial charge < -0.3 is 5.32 Å². The molecule has 1 aliphatic heterocycles. The van der Waals surface area contributed by atoms with Gasteiger partial charge in [-0.2, -0.15) is 0 Å². The van der Waals surface area contributed by atoms with Crippen LogP contribution in [0.4, 0.5) is 11.4 Å². The minimum Gasteiger partial charge on any atom is -0.325 e. The molecule has 0 saturated heterocycles. The van der Waals surface area contributed by atoms with Crippen LogP contribution in [0.1, 0.15) is 11.5 Å². The Morgan fingerprint density at radius 2 is 1.87 bits per heavy atom. The number of carbonyl (C=O) groups is 1. The van der Waals surface area contributed by atoms with Gasteiger partial charge in [-0.3, -0.25) is 9.79 Å². The highest BCUT2D eigenvalue weighted by Crippen LogP contribution is 2.35. The Hall–Kier alpha value is -1.78. The van der Waals surface area contributed by atoms with Crippen LogP contribution in [0.2, 0.25) is 0 Å². The fourth-order valence-corrected chi connectivity index (χ4v) is 3.68. The van der Waals surface area contributed by atoms with Crippen molar-refractivity contribution in [2.45, 2.75) is 10.8 Å². The van der Waals surface area contributed by atoms with E-state index in [2.05, 4.69) is 32.9 Å². The number of amides is 1. The van der Waals surface area contributed by atoms with Crippen LogP contribution < -0.4 is 10.5 Å². The fourth-order valence-electron chi connectivity index (χ4n) is 2.33. The molecule has 8 heteroatoms. The summed E-state index contributed by atoms with van der Waals surface area (Å²) in [5.41, 5.74) is 2.25. The van der Waals surface area contributed by atoms with Gasteiger partial charge in [-0.1, -0.05) is 6.07 Å². The van der Waals surface area contributed by atoms with E-state index in [0.29, 0.717) is 5.69 Å². The topological polar surface area (TPSA) is 102 Å². The molecule has 23 heavy (non-hydrogen) atoms. The van der Waals surface area contributed by atoms with Gasteiger partial charge in [0.1, 0.15) is 5.92 Å². The van der Waals surface area contributed by atoms with Gasteiger partial charge in [0.2, 0.25) is 15.9 Å². The predicted molar refractivity (Wildman–Crippen MR) is 96.5 cm³/mol. The van der Waals surface area contributed by atoms with Crippen molar-refractivity contribution in [1.29, 1.82) is 0 Å². The summed E-state index contributed by atoms with van der Waals surface area (Å²) >= 11 is 2.18. The largest absolute Gasteiger partial charge is 0.325 e. The molecule has 1 unspecified atom stereocenters. The van der Waals surface area contributed by atoms with Crippen LogP contribution in [0.5, 0.6) is 0 Å². The van der Waals surface area contributed by atoms with E-state index < -0.39 is 15.9 Å². The lowest BCUT2D eigenvalue weighted by Crippen LogP contribution is -2.13. The molecule has 1 atom stereocenters. The van der Waals surface area contributed by atoms with E-state index in [4.69, 9.17) is 5.14 Å². The third kappa shape index (κ3) is 3.28. The highest BCUT2D eigenvalue weighted by Gasteiger charge is 2.30. The lowest BCUT2D eigenvalue weighted by molar-refractivity contribution is -0.115. The molecule has 0 aromatic heterocycles. The summed E-state index contributed by atoms with van der Waals surface area (Å²) in [4.78, 5) is 16.4. The number of fused-ring (bicyclic) bond motifs is 1. The number of nitrogens with two attached hydrogens (primary N) is 1. The standard InChI is InChI=1S/C15H12IN3O3S/c16-12-2-1-3-13-14(12)11(15(20)19-13)8-18-9-4-6-10(7-5-9)23(17,21)22/h1-8,11H,(H,19,20)(H2,17,21,22). The number of rotatable bonds is 3. The zero-order valence-corrected chi connectivity index (χ0v) is 14.7. The Morgan fingerprint density at radius 1 is 1.17 bits per heavy atom. The molecular formula is C15H12IN3O3S. The molecular weight excluding hydrogens is 429 g/mol. The molecule has 0 fully saturated rings. The van der Waals surface area contributed by atoms with Crippen LogP contribution in [0, 0.1) is 3.57 Å². The second-order valence-electron chi connectivity index (χ2n) is 4.99. The van der Waals surface area contributed by atoms with Crippen molar-refractivity contribution < 1.29 is 13.2 Å². The van der Waals surface area contributed by atoms with E-state index in [0.717, 1.165) is 14.8 Å². The average Bonchev–Trinajstić information content (AvgIpc) is 2.81. The number of halogens is 1. The number of aliphatic imine (C=N–C) groups is 1. The fraction of sp³-hybridized carbons (Fsp3) is 0.0667. The molecule has 0 spiro atoms. The second kappa shape index (κ2) is 6.02. The number of sulfonamides is 1. The summed E-state index contributed by atoms with van der Waals surface area (Å²) in [7, 11) is -3.72. The zero-order valence-electron chi connectivity index (χ0n) is 11.7. The minimum atomic E-state index is -3.72. The Balaban J connectivity index is 1.88. The Labute approximate surface area is 147 Å². The van der Waals surface area contributed by atoms with Crippen LogP contribution >= 0.6 is 22.6 Å². The molecule has 0 bridgehead atoms. The maximum absolute atomic E-state index is 12.1. The van der Waals surface area contributed by atoms with Gasteiger partial charge in [-0.05, 0) is 59.0 Å². The first kappa shape index (κ1) is 16.1. The lowest BCUT2D eigenvalue weighted by atomic mass is 10.0. The first-order valence-corrected chi connectivity index (χ1v) is 9.25. The molecule has 3 rings (SSSR count). The highest BCUT2D eigenvalue weighted by molar-refractivity contribution is 14.1. The van der Waals surface area contributed by atoms with Crippen molar-refractivity contribution in [3.63, 3.8) is 0 Å². The maximum Gasteiger partial charge on any atom is 0.238 e. The van der Waals surface area contributed by atoms with Crippen LogP contribution in [0.3, 0.4) is 0 Å². The molecule has 1 heterocycles. The monoisotopic (exact) mass is 441 g/mol. The second-order valence-corrected chi connectivity index (χ2v) is 7.71. The van der Waals surface area contributed by atoms with Crippen LogP contribution in [0.25, 0.3) is 0 Å². The van der Waals surface area contributed by atoms with Gasteiger partial charge in [0.05, 0.1) is 10.6 Å². The molecule has 1 amide bonds. The van der Waals surface area contributed by atoms with Crippen molar-refractivity contribution in [2.75, 3.05) is 5.32 Å². The van der Waals surface area contributed by atoms with Crippen LogP contribution in [-0.4, -0.2) is 20.5 Å². The SMILES string of the molecule is NS(=O)(=O)c1ccc(N=CC2C(=O)Nc3cccc(I)c32)cc1. The average molecular weight is 441 g/mol. The Morgan fingerprint density at radius 3 is 2.52 bits per heavy atom. The number of benzene rings is 2. The minimum absolute atomic E-state index is 0.0231. The number of hydrogen-bond donors (Lipinski definition) is 2. The van der Waals surface area contributed by atoms with Gasteiger partial charge in [0.15, 0.2) is 0 Å². The number of primary sulfonamides is 1. The molecule has 1 aliphatic rings. The van der Waals surface area contributed by atoms with Gasteiger partial charge in [0, 0.05) is 21.0 Å². The van der Waals surface area contributed by atoms with Crippen molar-refractivity contribution in [1.82, 2.24) is 0 Å². The molecule has 0 saturated carbocycles. The maximum atomic E-state index is 12.1. The molecule has 0 radical (unpaired) electrons. The number of nitrogens with one attached hydrogen (secondary N) is 1. The van der Waals surface area contributed by atoms with Gasteiger partial charge >= 0.3 is 0 Å². The van der Waals surface area contributed by atoms with E-state index >= 15 is 0 Å². The third-order valence-electron chi connectivity index (χ3n) is 3.44. The summed E-state index contributed by atoms with van der Waals surface area (Å²) < 4.78 is 23.4. The quantitative estimate of drug-likeness (QED) is 0.565. The molecule has 118 valence electrons. The van der Waals surface area contributed by atoms with Gasteiger partial charge in [0.25, 0.3) is 0 Å². The lowest BCUT2D eigenvalue weighted by Gasteiger charge is -2.05. The summed E-state index contributed by atoms with van der Waals surface area (Å²) in [5, 5.41) is 7.87. The first-order valence-electron chi connectivity index (χ1n) is 6.62. The summed E-state index contributed by atoms with van der Waals surface area (Å²) in [5.74, 6) is -0.593. The first-order chi connectivity index (χ1) is 10.9. The molecule has 6 nitrogen and oxygen atoms in total. The third-order valence-corrected chi connectivity index (χ3v) is 5.31. The molecule has 0 aliphatic carbocycles. The van der Waals surface area contributed by atoms with Crippen molar-refractivity contribution >= 4 is 56.1 Å². The van der Waals surface area contributed by atoms with Crippen molar-refractivity contribution in [2.24, 2.45) is 10.1 Å². The summed E-state index contributed by atoms with van der Waals surface area (Å²) in [6, 6.07) is 11.5. The normalized spacial score (nSPS) is 17.3. The van der Waals surface area contributed by atoms with Crippen LogP contribution in [-0.2, 0) is 14.8 Å². The molecule has 2 aromatic rings. The summed E-state index contributed by atoms with van der Waals surface area (Å²) in [6.45, 7) is 0. The van der Waals surface area contributed by atoms with E-state index in [1.807, 2.05) is 18.2 Å². The van der Waals surface area contributed by atoms with Gasteiger partial charge in [-0.15, -0.1) is 0 Å². The van der Waals surface area contributed by atoms with E-state index in [1.54, 1.807) is 18.3 Å². The van der Waals surface area contributed by atoms with Crippen LogP contribution in [0.15, 0.2) is 52.4 Å². The Bertz CT molecular complexity index is 908. The Kier molecular flexibility index (Phi) is 4.21. The molecule has 2 aromatic carbocycles. The van der Waals surface area contributed by atoms with E-state index in [1.165, 1.54) is 12.1 Å².